The Morgan fingerprint density at radius 1 is 1.33 bits per heavy atom. The Bertz CT molecular complexity index is 480. The molecule has 4 heteroatoms. The van der Waals surface area contributed by atoms with Crippen molar-refractivity contribution in [3.63, 3.8) is 0 Å². The molecule has 0 radical (unpaired) electrons. The molecule has 0 aromatic heterocycles. The topological polar surface area (TPSA) is 46.4 Å². The van der Waals surface area contributed by atoms with Gasteiger partial charge in [0.15, 0.2) is 0 Å². The molecule has 0 saturated heterocycles. The molecule has 0 spiro atoms. The lowest BCUT2D eigenvalue weighted by Crippen LogP contribution is -2.34. The smallest absolute Gasteiger partial charge is 0.276 e. The molecule has 96 valence electrons. The van der Waals surface area contributed by atoms with Crippen molar-refractivity contribution in [1.82, 2.24) is 4.90 Å². The first kappa shape index (κ1) is 12.8. The fourth-order valence-electron chi connectivity index (χ4n) is 2.30. The zero-order chi connectivity index (χ0) is 13.1. The molecule has 2 rings (SSSR count). The van der Waals surface area contributed by atoms with E-state index in [4.69, 9.17) is 0 Å². The summed E-state index contributed by atoms with van der Waals surface area (Å²) in [5.74, 6) is 0. The molecule has 1 aromatic carbocycles. The first-order valence-electron chi connectivity index (χ1n) is 6.26. The van der Waals surface area contributed by atoms with Crippen molar-refractivity contribution < 1.29 is 4.92 Å². The average Bonchev–Trinajstić information content (AvgIpc) is 2.39. The highest BCUT2D eigenvalue weighted by Crippen LogP contribution is 2.30. The second-order valence-corrected chi connectivity index (χ2v) is 4.84. The number of nitro groups is 1. The minimum absolute atomic E-state index is 0.210. The Hall–Kier alpha value is -1.68. The summed E-state index contributed by atoms with van der Waals surface area (Å²) in [6.07, 6.45) is 2.99. The standard InChI is InChI=1S/C14H18N2O2/c1-11(2)15-9-7-12(8-10-15)13-5-3-4-6-14(13)16(17)18/h3-7,11H,8-10H2,1-2H3. The van der Waals surface area contributed by atoms with Crippen LogP contribution < -0.4 is 0 Å². The first-order valence-corrected chi connectivity index (χ1v) is 6.26. The van der Waals surface area contributed by atoms with E-state index in [0.717, 1.165) is 30.6 Å². The minimum Gasteiger partial charge on any atom is -0.297 e. The van der Waals surface area contributed by atoms with Crippen molar-refractivity contribution in [1.29, 1.82) is 0 Å². The van der Waals surface area contributed by atoms with Gasteiger partial charge in [0.05, 0.1) is 10.5 Å². The Labute approximate surface area is 107 Å². The van der Waals surface area contributed by atoms with Crippen LogP contribution in [0.25, 0.3) is 5.57 Å². The molecule has 1 aliphatic rings. The summed E-state index contributed by atoms with van der Waals surface area (Å²) in [7, 11) is 0. The molecule has 1 aromatic rings. The van der Waals surface area contributed by atoms with E-state index in [1.165, 1.54) is 0 Å². The molecule has 0 bridgehead atoms. The van der Waals surface area contributed by atoms with Gasteiger partial charge in [-0.2, -0.15) is 0 Å². The lowest BCUT2D eigenvalue weighted by atomic mass is 9.97. The molecule has 0 saturated carbocycles. The summed E-state index contributed by atoms with van der Waals surface area (Å²) >= 11 is 0. The highest BCUT2D eigenvalue weighted by Gasteiger charge is 2.20. The fourth-order valence-corrected chi connectivity index (χ4v) is 2.30. The lowest BCUT2D eigenvalue weighted by molar-refractivity contribution is -0.385. The quantitative estimate of drug-likeness (QED) is 0.608. The Balaban J connectivity index is 2.26. The summed E-state index contributed by atoms with van der Waals surface area (Å²) in [5, 5.41) is 11.0. The van der Waals surface area contributed by atoms with Crippen LogP contribution in [0, 0.1) is 10.1 Å². The van der Waals surface area contributed by atoms with Crippen LogP contribution in [0.15, 0.2) is 30.3 Å². The molecule has 0 unspecified atom stereocenters. The lowest BCUT2D eigenvalue weighted by Gasteiger charge is -2.29. The fraction of sp³-hybridized carbons (Fsp3) is 0.429. The van der Waals surface area contributed by atoms with Crippen molar-refractivity contribution in [2.45, 2.75) is 26.3 Å². The van der Waals surface area contributed by atoms with Crippen molar-refractivity contribution in [2.24, 2.45) is 0 Å². The maximum atomic E-state index is 11.0. The van der Waals surface area contributed by atoms with Gasteiger partial charge in [-0.25, -0.2) is 0 Å². The summed E-state index contributed by atoms with van der Waals surface area (Å²) in [4.78, 5) is 13.1. The van der Waals surface area contributed by atoms with E-state index in [1.54, 1.807) is 12.1 Å². The number of nitrogens with zero attached hydrogens (tertiary/aromatic N) is 2. The molecular weight excluding hydrogens is 228 g/mol. The van der Waals surface area contributed by atoms with Crippen molar-refractivity contribution >= 4 is 11.3 Å². The maximum Gasteiger partial charge on any atom is 0.276 e. The van der Waals surface area contributed by atoms with E-state index in [1.807, 2.05) is 12.1 Å². The van der Waals surface area contributed by atoms with Gasteiger partial charge in [-0.15, -0.1) is 0 Å². The highest BCUT2D eigenvalue weighted by atomic mass is 16.6. The normalized spacial score (nSPS) is 16.7. The van der Waals surface area contributed by atoms with E-state index >= 15 is 0 Å². The molecule has 0 amide bonds. The van der Waals surface area contributed by atoms with Gasteiger partial charge in [-0.05, 0) is 31.9 Å². The van der Waals surface area contributed by atoms with Crippen molar-refractivity contribution in [2.75, 3.05) is 13.1 Å². The number of benzene rings is 1. The predicted molar refractivity (Wildman–Crippen MR) is 72.4 cm³/mol. The van der Waals surface area contributed by atoms with Crippen LogP contribution in [0.5, 0.6) is 0 Å². The number of nitro benzene ring substituents is 1. The van der Waals surface area contributed by atoms with Crippen LogP contribution in [-0.2, 0) is 0 Å². The first-order chi connectivity index (χ1) is 8.59. The van der Waals surface area contributed by atoms with Crippen LogP contribution in [0.1, 0.15) is 25.8 Å². The molecule has 18 heavy (non-hydrogen) atoms. The van der Waals surface area contributed by atoms with Gasteiger partial charge >= 0.3 is 0 Å². The number of rotatable bonds is 3. The van der Waals surface area contributed by atoms with Gasteiger partial charge in [0, 0.05) is 25.2 Å². The summed E-state index contributed by atoms with van der Waals surface area (Å²) in [6.45, 7) is 6.18. The monoisotopic (exact) mass is 246 g/mol. The Morgan fingerprint density at radius 2 is 2.06 bits per heavy atom. The van der Waals surface area contributed by atoms with Gasteiger partial charge < -0.3 is 0 Å². The van der Waals surface area contributed by atoms with E-state index < -0.39 is 0 Å². The van der Waals surface area contributed by atoms with Crippen LogP contribution >= 0.6 is 0 Å². The van der Waals surface area contributed by atoms with E-state index in [-0.39, 0.29) is 10.6 Å². The van der Waals surface area contributed by atoms with Gasteiger partial charge in [-0.1, -0.05) is 18.2 Å². The van der Waals surface area contributed by atoms with Gasteiger partial charge in [-0.3, -0.25) is 15.0 Å². The third-order valence-corrected chi connectivity index (χ3v) is 3.42. The minimum atomic E-state index is -0.301. The number of para-hydroxylation sites is 1. The van der Waals surface area contributed by atoms with Gasteiger partial charge in [0.2, 0.25) is 0 Å². The Morgan fingerprint density at radius 3 is 2.61 bits per heavy atom. The van der Waals surface area contributed by atoms with Gasteiger partial charge in [0.1, 0.15) is 0 Å². The molecule has 1 heterocycles. The molecule has 0 fully saturated rings. The van der Waals surface area contributed by atoms with Crippen molar-refractivity contribution in [3.8, 4) is 0 Å². The van der Waals surface area contributed by atoms with Crippen molar-refractivity contribution in [3.05, 3.63) is 46.0 Å². The summed E-state index contributed by atoms with van der Waals surface area (Å²) in [6, 6.07) is 7.51. The second kappa shape index (κ2) is 5.31. The third kappa shape index (κ3) is 2.59. The molecule has 0 atom stereocenters. The van der Waals surface area contributed by atoms with E-state index in [9.17, 15) is 10.1 Å². The SMILES string of the molecule is CC(C)N1CC=C(c2ccccc2[N+](=O)[O-])CC1. The number of hydrogen-bond acceptors (Lipinski definition) is 3. The number of hydrogen-bond donors (Lipinski definition) is 0. The van der Waals surface area contributed by atoms with Crippen LogP contribution in [0.4, 0.5) is 5.69 Å². The average molecular weight is 246 g/mol. The van der Waals surface area contributed by atoms with E-state index in [0.29, 0.717) is 6.04 Å². The summed E-state index contributed by atoms with van der Waals surface area (Å²) in [5.41, 5.74) is 2.08. The van der Waals surface area contributed by atoms with Crippen LogP contribution in [0.3, 0.4) is 0 Å². The molecular formula is C14H18N2O2. The zero-order valence-corrected chi connectivity index (χ0v) is 10.8. The highest BCUT2D eigenvalue weighted by molar-refractivity contribution is 5.73. The molecule has 0 N–H and O–H groups in total. The van der Waals surface area contributed by atoms with Gasteiger partial charge in [0.25, 0.3) is 5.69 Å². The largest absolute Gasteiger partial charge is 0.297 e. The zero-order valence-electron chi connectivity index (χ0n) is 10.8. The molecule has 0 aliphatic carbocycles. The third-order valence-electron chi connectivity index (χ3n) is 3.42. The molecule has 1 aliphatic heterocycles. The Kier molecular flexibility index (Phi) is 3.77. The summed E-state index contributed by atoms with van der Waals surface area (Å²) < 4.78 is 0. The second-order valence-electron chi connectivity index (χ2n) is 4.84. The van der Waals surface area contributed by atoms with Crippen LogP contribution in [0.2, 0.25) is 0 Å². The molecule has 4 nitrogen and oxygen atoms in total. The maximum absolute atomic E-state index is 11.0. The predicted octanol–water partition coefficient (Wildman–Crippen LogP) is 3.09. The van der Waals surface area contributed by atoms with E-state index in [2.05, 4.69) is 24.8 Å². The van der Waals surface area contributed by atoms with Crippen LogP contribution in [-0.4, -0.2) is 29.0 Å².